The van der Waals surface area contributed by atoms with E-state index >= 15 is 0 Å². The van der Waals surface area contributed by atoms with Crippen molar-refractivity contribution in [1.29, 1.82) is 0 Å². The first kappa shape index (κ1) is 12.2. The number of fused-ring (bicyclic) bond motifs is 1. The number of aliphatic hydroxyl groups is 1. The average molecular weight is 259 g/mol. The van der Waals surface area contributed by atoms with Crippen molar-refractivity contribution in [2.45, 2.75) is 37.8 Å². The Bertz CT molecular complexity index is 585. The predicted molar refractivity (Wildman–Crippen MR) is 71.8 cm³/mol. The maximum Gasteiger partial charge on any atom is 0.252 e. The van der Waals surface area contributed by atoms with Crippen LogP contribution in [-0.2, 0) is 0 Å². The lowest BCUT2D eigenvalue weighted by atomic mass is 9.93. The SMILES string of the molecule is O=C(NC1CCC(O)CC1)c1cccc2[nH]ncc12. The fourth-order valence-corrected chi connectivity index (χ4v) is 2.65. The highest BCUT2D eigenvalue weighted by molar-refractivity contribution is 6.06. The largest absolute Gasteiger partial charge is 0.393 e. The van der Waals surface area contributed by atoms with Gasteiger partial charge in [0.1, 0.15) is 0 Å². The molecule has 3 rings (SSSR count). The fraction of sp³-hybridized carbons (Fsp3) is 0.429. The lowest BCUT2D eigenvalue weighted by Crippen LogP contribution is -2.38. The molecule has 0 atom stereocenters. The number of nitrogens with one attached hydrogen (secondary N) is 2. The molecule has 0 bridgehead atoms. The van der Waals surface area contributed by atoms with Gasteiger partial charge in [0.25, 0.3) is 5.91 Å². The summed E-state index contributed by atoms with van der Waals surface area (Å²) in [6.45, 7) is 0. The zero-order chi connectivity index (χ0) is 13.2. The smallest absolute Gasteiger partial charge is 0.252 e. The van der Waals surface area contributed by atoms with Gasteiger partial charge in [-0.05, 0) is 37.8 Å². The third kappa shape index (κ3) is 2.46. The van der Waals surface area contributed by atoms with E-state index in [1.165, 1.54) is 0 Å². The van der Waals surface area contributed by atoms with Crippen molar-refractivity contribution in [1.82, 2.24) is 15.5 Å². The molecule has 0 saturated heterocycles. The minimum absolute atomic E-state index is 0.0617. The summed E-state index contributed by atoms with van der Waals surface area (Å²) in [5.41, 5.74) is 1.52. The molecule has 100 valence electrons. The van der Waals surface area contributed by atoms with Crippen LogP contribution in [0, 0.1) is 0 Å². The van der Waals surface area contributed by atoms with Crippen molar-refractivity contribution >= 4 is 16.8 Å². The van der Waals surface area contributed by atoms with Crippen LogP contribution in [0.3, 0.4) is 0 Å². The van der Waals surface area contributed by atoms with Gasteiger partial charge in [-0.25, -0.2) is 0 Å². The van der Waals surface area contributed by atoms with E-state index in [4.69, 9.17) is 0 Å². The molecular formula is C14H17N3O2. The van der Waals surface area contributed by atoms with Crippen molar-refractivity contribution in [3.63, 3.8) is 0 Å². The van der Waals surface area contributed by atoms with Gasteiger partial charge in [0, 0.05) is 11.4 Å². The van der Waals surface area contributed by atoms with Gasteiger partial charge in [-0.1, -0.05) is 6.07 Å². The van der Waals surface area contributed by atoms with E-state index in [-0.39, 0.29) is 18.1 Å². The number of aromatic nitrogens is 2. The number of carbonyl (C=O) groups excluding carboxylic acids is 1. The van der Waals surface area contributed by atoms with Crippen LogP contribution in [0.4, 0.5) is 0 Å². The number of hydrogen-bond donors (Lipinski definition) is 3. The zero-order valence-corrected chi connectivity index (χ0v) is 10.6. The van der Waals surface area contributed by atoms with Crippen molar-refractivity contribution < 1.29 is 9.90 Å². The van der Waals surface area contributed by atoms with E-state index in [0.29, 0.717) is 5.56 Å². The summed E-state index contributed by atoms with van der Waals surface area (Å²) in [6, 6.07) is 5.72. The number of hydrogen-bond acceptors (Lipinski definition) is 3. The van der Waals surface area contributed by atoms with Crippen LogP contribution in [-0.4, -0.2) is 33.4 Å². The number of aromatic amines is 1. The Balaban J connectivity index is 1.75. The summed E-state index contributed by atoms with van der Waals surface area (Å²) in [4.78, 5) is 12.3. The Morgan fingerprint density at radius 3 is 2.89 bits per heavy atom. The highest BCUT2D eigenvalue weighted by atomic mass is 16.3. The average Bonchev–Trinajstić information content (AvgIpc) is 2.89. The highest BCUT2D eigenvalue weighted by Gasteiger charge is 2.22. The summed E-state index contributed by atoms with van der Waals surface area (Å²) >= 11 is 0. The maximum absolute atomic E-state index is 12.3. The lowest BCUT2D eigenvalue weighted by Gasteiger charge is -2.26. The topological polar surface area (TPSA) is 78.0 Å². The quantitative estimate of drug-likeness (QED) is 0.766. The Morgan fingerprint density at radius 2 is 2.11 bits per heavy atom. The van der Waals surface area contributed by atoms with Crippen LogP contribution >= 0.6 is 0 Å². The summed E-state index contributed by atoms with van der Waals surface area (Å²) in [7, 11) is 0. The summed E-state index contributed by atoms with van der Waals surface area (Å²) in [5, 5.41) is 20.2. The number of benzene rings is 1. The molecule has 1 saturated carbocycles. The minimum atomic E-state index is -0.203. The summed E-state index contributed by atoms with van der Waals surface area (Å²) < 4.78 is 0. The van der Waals surface area contributed by atoms with Crippen molar-refractivity contribution in [3.8, 4) is 0 Å². The summed E-state index contributed by atoms with van der Waals surface area (Å²) in [6.07, 6.45) is 4.68. The predicted octanol–water partition coefficient (Wildman–Crippen LogP) is 1.60. The van der Waals surface area contributed by atoms with Gasteiger partial charge in [-0.15, -0.1) is 0 Å². The minimum Gasteiger partial charge on any atom is -0.393 e. The number of aliphatic hydroxyl groups excluding tert-OH is 1. The van der Waals surface area contributed by atoms with Gasteiger partial charge < -0.3 is 10.4 Å². The molecule has 1 heterocycles. The van der Waals surface area contributed by atoms with Crippen molar-refractivity contribution in [2.24, 2.45) is 0 Å². The highest BCUT2D eigenvalue weighted by Crippen LogP contribution is 2.20. The molecular weight excluding hydrogens is 242 g/mol. The molecule has 0 unspecified atom stereocenters. The molecule has 1 aliphatic carbocycles. The summed E-state index contributed by atoms with van der Waals surface area (Å²) in [5.74, 6) is -0.0617. The Morgan fingerprint density at radius 1 is 1.32 bits per heavy atom. The number of rotatable bonds is 2. The van der Waals surface area contributed by atoms with E-state index in [2.05, 4.69) is 15.5 Å². The molecule has 1 fully saturated rings. The molecule has 1 aromatic heterocycles. The van der Waals surface area contributed by atoms with Gasteiger partial charge >= 0.3 is 0 Å². The molecule has 0 spiro atoms. The van der Waals surface area contributed by atoms with E-state index in [1.54, 1.807) is 6.20 Å². The van der Waals surface area contributed by atoms with Crippen LogP contribution in [0.2, 0.25) is 0 Å². The lowest BCUT2D eigenvalue weighted by molar-refractivity contribution is 0.0869. The van der Waals surface area contributed by atoms with E-state index in [0.717, 1.165) is 36.6 Å². The van der Waals surface area contributed by atoms with Crippen molar-refractivity contribution in [2.75, 3.05) is 0 Å². The number of amides is 1. The van der Waals surface area contributed by atoms with Gasteiger partial charge in [0.2, 0.25) is 0 Å². The molecule has 1 aromatic carbocycles. The standard InChI is InChI=1S/C14H17N3O2/c18-10-6-4-9(5-7-10)16-14(19)11-2-1-3-13-12(11)8-15-17-13/h1-3,8-10,18H,4-7H2,(H,15,17)(H,16,19). The molecule has 3 N–H and O–H groups in total. The van der Waals surface area contributed by atoms with Gasteiger partial charge in [-0.3, -0.25) is 9.89 Å². The normalized spacial score (nSPS) is 23.4. The van der Waals surface area contributed by atoms with Crippen LogP contribution in [0.1, 0.15) is 36.0 Å². The van der Waals surface area contributed by atoms with Gasteiger partial charge in [0.05, 0.1) is 23.4 Å². The first-order chi connectivity index (χ1) is 9.24. The van der Waals surface area contributed by atoms with E-state index in [9.17, 15) is 9.90 Å². The first-order valence-corrected chi connectivity index (χ1v) is 6.65. The molecule has 0 radical (unpaired) electrons. The molecule has 1 amide bonds. The molecule has 2 aromatic rings. The molecule has 5 nitrogen and oxygen atoms in total. The monoisotopic (exact) mass is 259 g/mol. The second kappa shape index (κ2) is 5.01. The molecule has 1 aliphatic rings. The Hall–Kier alpha value is -1.88. The third-order valence-corrected chi connectivity index (χ3v) is 3.76. The Labute approximate surface area is 111 Å². The first-order valence-electron chi connectivity index (χ1n) is 6.65. The molecule has 0 aliphatic heterocycles. The fourth-order valence-electron chi connectivity index (χ4n) is 2.65. The third-order valence-electron chi connectivity index (χ3n) is 3.76. The van der Waals surface area contributed by atoms with Crippen LogP contribution in [0.5, 0.6) is 0 Å². The second-order valence-corrected chi connectivity index (χ2v) is 5.12. The number of carbonyl (C=O) groups is 1. The van der Waals surface area contributed by atoms with Crippen LogP contribution in [0.15, 0.2) is 24.4 Å². The van der Waals surface area contributed by atoms with E-state index < -0.39 is 0 Å². The van der Waals surface area contributed by atoms with Crippen molar-refractivity contribution in [3.05, 3.63) is 30.0 Å². The van der Waals surface area contributed by atoms with Gasteiger partial charge in [-0.2, -0.15) is 5.10 Å². The van der Waals surface area contributed by atoms with Crippen LogP contribution < -0.4 is 5.32 Å². The number of nitrogens with zero attached hydrogens (tertiary/aromatic N) is 1. The van der Waals surface area contributed by atoms with Crippen LogP contribution in [0.25, 0.3) is 10.9 Å². The Kier molecular flexibility index (Phi) is 3.21. The van der Waals surface area contributed by atoms with Gasteiger partial charge in [0.15, 0.2) is 0 Å². The maximum atomic E-state index is 12.3. The number of H-pyrrole nitrogens is 1. The molecule has 19 heavy (non-hydrogen) atoms. The van der Waals surface area contributed by atoms with E-state index in [1.807, 2.05) is 18.2 Å². The molecule has 5 heteroatoms. The second-order valence-electron chi connectivity index (χ2n) is 5.12. The zero-order valence-electron chi connectivity index (χ0n) is 10.6.